The number of esters is 1. The van der Waals surface area contributed by atoms with Crippen molar-refractivity contribution >= 4 is 11.9 Å². The molecule has 5 heteroatoms. The minimum Gasteiger partial charge on any atom is -0.468 e. The Morgan fingerprint density at radius 3 is 3.00 bits per heavy atom. The van der Waals surface area contributed by atoms with E-state index in [0.717, 1.165) is 19.4 Å². The monoisotopic (exact) mass is 224 g/mol. The zero-order valence-corrected chi connectivity index (χ0v) is 9.36. The van der Waals surface area contributed by atoms with E-state index >= 15 is 0 Å². The largest absolute Gasteiger partial charge is 0.468 e. The smallest absolute Gasteiger partial charge is 0.323 e. The van der Waals surface area contributed by atoms with Crippen LogP contribution >= 0.6 is 0 Å². The van der Waals surface area contributed by atoms with Crippen molar-refractivity contribution in [2.45, 2.75) is 18.9 Å². The van der Waals surface area contributed by atoms with Gasteiger partial charge in [-0.1, -0.05) is 5.92 Å². The molecule has 5 nitrogen and oxygen atoms in total. The molecule has 88 valence electrons. The van der Waals surface area contributed by atoms with Crippen LogP contribution in [-0.2, 0) is 14.3 Å². The number of likely N-dealkylation sites (tertiary alicyclic amines) is 1. The summed E-state index contributed by atoms with van der Waals surface area (Å²) in [6.07, 6.45) is 6.68. The van der Waals surface area contributed by atoms with Gasteiger partial charge in [0, 0.05) is 0 Å². The Bertz CT molecular complexity index is 309. The molecule has 1 aliphatic rings. The van der Waals surface area contributed by atoms with E-state index in [2.05, 4.69) is 16.0 Å². The third kappa shape index (κ3) is 3.24. The summed E-state index contributed by atoms with van der Waals surface area (Å²) in [5.74, 6) is 1.89. The van der Waals surface area contributed by atoms with E-state index < -0.39 is 0 Å². The fourth-order valence-electron chi connectivity index (χ4n) is 1.81. The van der Waals surface area contributed by atoms with Crippen LogP contribution in [0.1, 0.15) is 12.8 Å². The summed E-state index contributed by atoms with van der Waals surface area (Å²) in [7, 11) is 1.36. The van der Waals surface area contributed by atoms with Crippen LogP contribution in [0.5, 0.6) is 0 Å². The van der Waals surface area contributed by atoms with E-state index in [1.54, 1.807) is 0 Å². The predicted octanol–water partition coefficient (Wildman–Crippen LogP) is -0.627. The number of terminal acetylenes is 1. The van der Waals surface area contributed by atoms with Crippen LogP contribution in [0.2, 0.25) is 0 Å². The third-order valence-corrected chi connectivity index (χ3v) is 2.57. The Balaban J connectivity index is 2.44. The fraction of sp³-hybridized carbons (Fsp3) is 0.636. The van der Waals surface area contributed by atoms with E-state index in [4.69, 9.17) is 6.42 Å². The van der Waals surface area contributed by atoms with Crippen molar-refractivity contribution in [1.29, 1.82) is 0 Å². The summed E-state index contributed by atoms with van der Waals surface area (Å²) in [6, 6.07) is -0.290. The highest BCUT2D eigenvalue weighted by molar-refractivity contribution is 5.80. The van der Waals surface area contributed by atoms with Crippen LogP contribution in [0.15, 0.2) is 0 Å². The van der Waals surface area contributed by atoms with E-state index in [9.17, 15) is 9.59 Å². The van der Waals surface area contributed by atoms with Crippen molar-refractivity contribution < 1.29 is 14.3 Å². The van der Waals surface area contributed by atoms with Crippen molar-refractivity contribution in [3.05, 3.63) is 0 Å². The highest BCUT2D eigenvalue weighted by atomic mass is 16.5. The molecule has 1 amide bonds. The topological polar surface area (TPSA) is 58.6 Å². The van der Waals surface area contributed by atoms with Gasteiger partial charge < -0.3 is 10.1 Å². The quantitative estimate of drug-likeness (QED) is 0.510. The summed E-state index contributed by atoms with van der Waals surface area (Å²) in [4.78, 5) is 24.6. The zero-order chi connectivity index (χ0) is 12.0. The van der Waals surface area contributed by atoms with Gasteiger partial charge in [-0.15, -0.1) is 6.42 Å². The maximum absolute atomic E-state index is 11.4. The lowest BCUT2D eigenvalue weighted by Gasteiger charge is -2.21. The molecular formula is C11H16N2O3. The molecule has 16 heavy (non-hydrogen) atoms. The van der Waals surface area contributed by atoms with E-state index in [-0.39, 0.29) is 31.0 Å². The van der Waals surface area contributed by atoms with Crippen molar-refractivity contribution in [1.82, 2.24) is 10.2 Å². The molecule has 1 atom stereocenters. The lowest BCUT2D eigenvalue weighted by atomic mass is 10.2. The van der Waals surface area contributed by atoms with Gasteiger partial charge in [0.1, 0.15) is 6.04 Å². The SMILES string of the molecule is C#CCNC(=O)CN1CCCC1C(=O)OC. The fourth-order valence-corrected chi connectivity index (χ4v) is 1.81. The van der Waals surface area contributed by atoms with Crippen molar-refractivity contribution in [3.63, 3.8) is 0 Å². The van der Waals surface area contributed by atoms with Gasteiger partial charge in [-0.05, 0) is 19.4 Å². The second-order valence-electron chi connectivity index (χ2n) is 3.63. The molecule has 1 fully saturated rings. The molecule has 0 aromatic heterocycles. The summed E-state index contributed by atoms with van der Waals surface area (Å²) in [5.41, 5.74) is 0. The van der Waals surface area contributed by atoms with E-state index in [0.29, 0.717) is 0 Å². The van der Waals surface area contributed by atoms with Crippen molar-refractivity contribution in [2.24, 2.45) is 0 Å². The van der Waals surface area contributed by atoms with Gasteiger partial charge in [0.15, 0.2) is 0 Å². The maximum atomic E-state index is 11.4. The summed E-state index contributed by atoms with van der Waals surface area (Å²) < 4.78 is 4.68. The van der Waals surface area contributed by atoms with Gasteiger partial charge in [0.25, 0.3) is 0 Å². The summed E-state index contributed by atoms with van der Waals surface area (Å²) in [6.45, 7) is 1.15. The van der Waals surface area contributed by atoms with Gasteiger partial charge in [0.05, 0.1) is 20.2 Å². The number of methoxy groups -OCH3 is 1. The molecule has 0 aromatic carbocycles. The van der Waals surface area contributed by atoms with Gasteiger partial charge in [-0.2, -0.15) is 0 Å². The molecule has 0 aliphatic carbocycles. The molecular weight excluding hydrogens is 208 g/mol. The first-order valence-electron chi connectivity index (χ1n) is 5.21. The first-order chi connectivity index (χ1) is 7.69. The average molecular weight is 224 g/mol. The van der Waals surface area contributed by atoms with Crippen LogP contribution in [0.4, 0.5) is 0 Å². The second kappa shape index (κ2) is 6.13. The number of nitrogens with one attached hydrogen (secondary N) is 1. The molecule has 0 saturated carbocycles. The summed E-state index contributed by atoms with van der Waals surface area (Å²) >= 11 is 0. The number of ether oxygens (including phenoxy) is 1. The Hall–Kier alpha value is -1.54. The number of rotatable bonds is 4. The maximum Gasteiger partial charge on any atom is 0.323 e. The Labute approximate surface area is 95.1 Å². The average Bonchev–Trinajstić information content (AvgIpc) is 2.73. The normalized spacial score (nSPS) is 20.1. The van der Waals surface area contributed by atoms with Crippen LogP contribution in [0, 0.1) is 12.3 Å². The predicted molar refractivity (Wildman–Crippen MR) is 58.5 cm³/mol. The molecule has 1 aliphatic heterocycles. The minimum atomic E-state index is -0.290. The molecule has 1 rings (SSSR count). The molecule has 1 N–H and O–H groups in total. The number of carbonyl (C=O) groups excluding carboxylic acids is 2. The number of amides is 1. The third-order valence-electron chi connectivity index (χ3n) is 2.57. The van der Waals surface area contributed by atoms with Gasteiger partial charge in [-0.3, -0.25) is 14.5 Å². The zero-order valence-electron chi connectivity index (χ0n) is 9.36. The Morgan fingerprint density at radius 2 is 2.38 bits per heavy atom. The van der Waals surface area contributed by atoms with Gasteiger partial charge in [0.2, 0.25) is 5.91 Å². The first kappa shape index (κ1) is 12.5. The molecule has 0 bridgehead atoms. The van der Waals surface area contributed by atoms with Crippen molar-refractivity contribution in [2.75, 3.05) is 26.7 Å². The Kier molecular flexibility index (Phi) is 4.80. The highest BCUT2D eigenvalue weighted by Gasteiger charge is 2.32. The number of hydrogen-bond acceptors (Lipinski definition) is 4. The number of carbonyl (C=O) groups is 2. The molecule has 0 aromatic rings. The van der Waals surface area contributed by atoms with Gasteiger partial charge in [-0.25, -0.2) is 0 Å². The standard InChI is InChI=1S/C11H16N2O3/c1-3-6-12-10(14)8-13-7-4-5-9(13)11(15)16-2/h1,9H,4-8H2,2H3,(H,12,14). The number of nitrogens with zero attached hydrogens (tertiary/aromatic N) is 1. The Morgan fingerprint density at radius 1 is 1.62 bits per heavy atom. The first-order valence-corrected chi connectivity index (χ1v) is 5.21. The molecule has 1 heterocycles. The lowest BCUT2D eigenvalue weighted by molar-refractivity contribution is -0.146. The van der Waals surface area contributed by atoms with Crippen LogP contribution in [0.3, 0.4) is 0 Å². The molecule has 0 radical (unpaired) electrons. The second-order valence-corrected chi connectivity index (χ2v) is 3.63. The molecule has 1 unspecified atom stereocenters. The van der Waals surface area contributed by atoms with Crippen LogP contribution in [-0.4, -0.2) is 49.6 Å². The molecule has 0 spiro atoms. The van der Waals surface area contributed by atoms with Gasteiger partial charge >= 0.3 is 5.97 Å². The lowest BCUT2D eigenvalue weighted by Crippen LogP contribution is -2.43. The van der Waals surface area contributed by atoms with Crippen LogP contribution < -0.4 is 5.32 Å². The van der Waals surface area contributed by atoms with Crippen LogP contribution in [0.25, 0.3) is 0 Å². The van der Waals surface area contributed by atoms with Crippen molar-refractivity contribution in [3.8, 4) is 12.3 Å². The van der Waals surface area contributed by atoms with E-state index in [1.165, 1.54) is 7.11 Å². The van der Waals surface area contributed by atoms with E-state index in [1.807, 2.05) is 4.90 Å². The highest BCUT2D eigenvalue weighted by Crippen LogP contribution is 2.17. The minimum absolute atomic E-state index is 0.159. The molecule has 1 saturated heterocycles. The summed E-state index contributed by atoms with van der Waals surface area (Å²) in [5, 5.41) is 2.57. The number of hydrogen-bond donors (Lipinski definition) is 1.